The van der Waals surface area contributed by atoms with E-state index in [0.717, 1.165) is 17.1 Å². The normalized spacial score (nSPS) is 10.9. The topological polar surface area (TPSA) is 65.7 Å². The second-order valence-corrected chi connectivity index (χ2v) is 6.21. The van der Waals surface area contributed by atoms with Gasteiger partial charge in [-0.2, -0.15) is 0 Å². The molecule has 0 aliphatic heterocycles. The number of carbonyl (C=O) groups is 1. The predicted octanol–water partition coefficient (Wildman–Crippen LogP) is 2.14. The van der Waals surface area contributed by atoms with Gasteiger partial charge in [-0.05, 0) is 57.0 Å². The van der Waals surface area contributed by atoms with Crippen LogP contribution < -0.4 is 0 Å². The van der Waals surface area contributed by atoms with Crippen LogP contribution in [-0.2, 0) is 0 Å². The Labute approximate surface area is 143 Å². The fraction of sp³-hybridized carbons (Fsp3) is 0.421. The first-order valence-electron chi connectivity index (χ1n) is 8.17. The van der Waals surface area contributed by atoms with Crippen LogP contribution in [0.15, 0.2) is 24.3 Å². The molecule has 2 aromatic rings. The number of rotatable bonds is 6. The average molecular weight is 330 g/mol. The summed E-state index contributed by atoms with van der Waals surface area (Å²) in [5.41, 5.74) is 5.84. The molecule has 5 nitrogen and oxygen atoms in total. The molecule has 0 atom stereocenters. The minimum Gasteiger partial charge on any atom is -0.395 e. The summed E-state index contributed by atoms with van der Waals surface area (Å²) in [4.78, 5) is 14.2. The van der Waals surface area contributed by atoms with Crippen LogP contribution in [0.3, 0.4) is 0 Å². The summed E-state index contributed by atoms with van der Waals surface area (Å²) in [6.07, 6.45) is 0. The van der Waals surface area contributed by atoms with E-state index in [2.05, 4.69) is 36.6 Å². The molecule has 1 heterocycles. The number of hydrogen-bond donors (Lipinski definition) is 2. The lowest BCUT2D eigenvalue weighted by molar-refractivity contribution is 0.0684. The Morgan fingerprint density at radius 3 is 2.00 bits per heavy atom. The number of amides is 1. The van der Waals surface area contributed by atoms with Gasteiger partial charge in [0.25, 0.3) is 5.91 Å². The van der Waals surface area contributed by atoms with E-state index < -0.39 is 0 Å². The summed E-state index contributed by atoms with van der Waals surface area (Å²) < 4.78 is 2.07. The van der Waals surface area contributed by atoms with E-state index in [4.69, 9.17) is 10.2 Å². The molecule has 1 aromatic carbocycles. The third kappa shape index (κ3) is 3.68. The number of carbonyl (C=O) groups excluding carboxylic acids is 1. The highest BCUT2D eigenvalue weighted by Crippen LogP contribution is 2.23. The summed E-state index contributed by atoms with van der Waals surface area (Å²) in [6, 6.07) is 8.19. The molecular weight excluding hydrogens is 304 g/mol. The molecular formula is C19H26N2O3. The van der Waals surface area contributed by atoms with Crippen molar-refractivity contribution in [3.8, 4) is 5.69 Å². The first-order valence-corrected chi connectivity index (χ1v) is 8.17. The van der Waals surface area contributed by atoms with Gasteiger partial charge in [-0.25, -0.2) is 0 Å². The summed E-state index contributed by atoms with van der Waals surface area (Å²) in [7, 11) is 0. The summed E-state index contributed by atoms with van der Waals surface area (Å²) in [5, 5.41) is 18.3. The maximum Gasteiger partial charge on any atom is 0.255 e. The minimum absolute atomic E-state index is 0.123. The Morgan fingerprint density at radius 2 is 1.50 bits per heavy atom. The van der Waals surface area contributed by atoms with E-state index in [1.54, 1.807) is 0 Å². The summed E-state index contributed by atoms with van der Waals surface area (Å²) in [5.74, 6) is -0.165. The van der Waals surface area contributed by atoms with Gasteiger partial charge in [-0.15, -0.1) is 0 Å². The van der Waals surface area contributed by atoms with E-state index in [-0.39, 0.29) is 32.2 Å². The van der Waals surface area contributed by atoms with Crippen molar-refractivity contribution in [2.45, 2.75) is 27.7 Å². The molecule has 0 radical (unpaired) electrons. The molecule has 130 valence electrons. The second-order valence-electron chi connectivity index (χ2n) is 6.21. The van der Waals surface area contributed by atoms with Crippen LogP contribution >= 0.6 is 0 Å². The number of aromatic nitrogens is 1. The van der Waals surface area contributed by atoms with Gasteiger partial charge < -0.3 is 19.7 Å². The van der Waals surface area contributed by atoms with Gasteiger partial charge in [-0.3, -0.25) is 4.79 Å². The zero-order chi connectivity index (χ0) is 17.9. The first kappa shape index (κ1) is 18.2. The molecule has 5 heteroatoms. The van der Waals surface area contributed by atoms with Crippen LogP contribution in [0.25, 0.3) is 5.69 Å². The molecule has 0 fully saturated rings. The van der Waals surface area contributed by atoms with Gasteiger partial charge in [0.2, 0.25) is 0 Å². The maximum absolute atomic E-state index is 12.8. The highest BCUT2D eigenvalue weighted by atomic mass is 16.3. The molecule has 0 aliphatic rings. The fourth-order valence-corrected chi connectivity index (χ4v) is 3.18. The molecule has 1 amide bonds. The maximum atomic E-state index is 12.8. The SMILES string of the molecule is Cc1cc(C)cc(-n2c(C)cc(C(=O)N(CCO)CCO)c2C)c1. The van der Waals surface area contributed by atoms with Crippen molar-refractivity contribution in [3.05, 3.63) is 52.3 Å². The van der Waals surface area contributed by atoms with Crippen molar-refractivity contribution < 1.29 is 15.0 Å². The fourth-order valence-electron chi connectivity index (χ4n) is 3.18. The van der Waals surface area contributed by atoms with Crippen LogP contribution in [0.5, 0.6) is 0 Å². The van der Waals surface area contributed by atoms with E-state index in [1.807, 2.05) is 19.9 Å². The van der Waals surface area contributed by atoms with Crippen LogP contribution in [0, 0.1) is 27.7 Å². The Bertz CT molecular complexity index is 708. The number of benzene rings is 1. The van der Waals surface area contributed by atoms with E-state index in [1.165, 1.54) is 16.0 Å². The molecule has 1 aromatic heterocycles. The standard InChI is InChI=1S/C19H26N2O3/c1-13-9-14(2)11-17(10-13)21-15(3)12-18(16(21)4)19(24)20(5-7-22)6-8-23/h9-12,22-23H,5-8H2,1-4H3. The monoisotopic (exact) mass is 330 g/mol. The molecule has 0 saturated heterocycles. The summed E-state index contributed by atoms with van der Waals surface area (Å²) >= 11 is 0. The van der Waals surface area contributed by atoms with Gasteiger partial charge >= 0.3 is 0 Å². The molecule has 0 bridgehead atoms. The van der Waals surface area contributed by atoms with Crippen molar-refractivity contribution in [2.75, 3.05) is 26.3 Å². The predicted molar refractivity (Wildman–Crippen MR) is 94.8 cm³/mol. The van der Waals surface area contributed by atoms with Crippen LogP contribution in [0.2, 0.25) is 0 Å². The smallest absolute Gasteiger partial charge is 0.255 e. The van der Waals surface area contributed by atoms with Gasteiger partial charge in [0.1, 0.15) is 0 Å². The number of aliphatic hydroxyl groups excluding tert-OH is 2. The van der Waals surface area contributed by atoms with Crippen molar-refractivity contribution in [3.63, 3.8) is 0 Å². The lowest BCUT2D eigenvalue weighted by atomic mass is 10.1. The van der Waals surface area contributed by atoms with Crippen molar-refractivity contribution >= 4 is 5.91 Å². The van der Waals surface area contributed by atoms with Crippen molar-refractivity contribution in [1.29, 1.82) is 0 Å². The number of aliphatic hydroxyl groups is 2. The lowest BCUT2D eigenvalue weighted by Gasteiger charge is -2.20. The summed E-state index contributed by atoms with van der Waals surface area (Å²) in [6.45, 7) is 8.20. The number of hydrogen-bond acceptors (Lipinski definition) is 3. The van der Waals surface area contributed by atoms with Crippen LogP contribution in [0.4, 0.5) is 0 Å². The third-order valence-electron chi connectivity index (χ3n) is 4.15. The van der Waals surface area contributed by atoms with Crippen LogP contribution in [0.1, 0.15) is 32.9 Å². The molecule has 0 spiro atoms. The number of nitrogens with zero attached hydrogens (tertiary/aromatic N) is 2. The lowest BCUT2D eigenvalue weighted by Crippen LogP contribution is -2.36. The largest absolute Gasteiger partial charge is 0.395 e. The number of aryl methyl sites for hydroxylation is 3. The van der Waals surface area contributed by atoms with Crippen molar-refractivity contribution in [1.82, 2.24) is 9.47 Å². The molecule has 0 saturated carbocycles. The first-order chi connectivity index (χ1) is 11.4. The van der Waals surface area contributed by atoms with Crippen molar-refractivity contribution in [2.24, 2.45) is 0 Å². The Kier molecular flexibility index (Phi) is 5.80. The Balaban J connectivity index is 2.46. The Morgan fingerprint density at radius 1 is 0.958 bits per heavy atom. The van der Waals surface area contributed by atoms with E-state index in [9.17, 15) is 4.79 Å². The van der Waals surface area contributed by atoms with Crippen LogP contribution in [-0.4, -0.2) is 51.9 Å². The highest BCUT2D eigenvalue weighted by Gasteiger charge is 2.21. The van der Waals surface area contributed by atoms with Gasteiger partial charge in [-0.1, -0.05) is 6.07 Å². The van der Waals surface area contributed by atoms with Gasteiger partial charge in [0.05, 0.1) is 18.8 Å². The van der Waals surface area contributed by atoms with Gasteiger partial charge in [0, 0.05) is 30.2 Å². The quantitative estimate of drug-likeness (QED) is 0.853. The molecule has 2 N–H and O–H groups in total. The average Bonchev–Trinajstić information content (AvgIpc) is 2.80. The third-order valence-corrected chi connectivity index (χ3v) is 4.15. The molecule has 24 heavy (non-hydrogen) atoms. The van der Waals surface area contributed by atoms with E-state index >= 15 is 0 Å². The molecule has 0 unspecified atom stereocenters. The van der Waals surface area contributed by atoms with Gasteiger partial charge in [0.15, 0.2) is 0 Å². The second kappa shape index (κ2) is 7.64. The minimum atomic E-state index is -0.165. The molecule has 2 rings (SSSR count). The Hall–Kier alpha value is -2.11. The van der Waals surface area contributed by atoms with E-state index in [0.29, 0.717) is 5.56 Å². The zero-order valence-corrected chi connectivity index (χ0v) is 14.8. The zero-order valence-electron chi connectivity index (χ0n) is 14.8. The molecule has 0 aliphatic carbocycles. The highest BCUT2D eigenvalue weighted by molar-refractivity contribution is 5.96.